The lowest BCUT2D eigenvalue weighted by Gasteiger charge is -2.36. The number of ketones is 2. The van der Waals surface area contributed by atoms with Crippen LogP contribution >= 0.6 is 0 Å². The Morgan fingerprint density at radius 1 is 1.10 bits per heavy atom. The predicted octanol–water partition coefficient (Wildman–Crippen LogP) is 4.13. The molecule has 8 nitrogen and oxygen atoms in total. The molecule has 3 rings (SSSR count). The number of allylic oxidation sites excluding steroid dienone is 1. The van der Waals surface area contributed by atoms with Crippen molar-refractivity contribution < 1.29 is 24.0 Å². The van der Waals surface area contributed by atoms with Crippen LogP contribution in [0.15, 0.2) is 43.0 Å². The van der Waals surface area contributed by atoms with Crippen molar-refractivity contribution >= 4 is 29.3 Å². The van der Waals surface area contributed by atoms with Crippen LogP contribution < -0.4 is 10.6 Å². The Hall–Kier alpha value is -3.29. The molecule has 2 fully saturated rings. The average molecular weight is 580 g/mol. The van der Waals surface area contributed by atoms with E-state index in [0.29, 0.717) is 19.4 Å². The van der Waals surface area contributed by atoms with Gasteiger partial charge < -0.3 is 15.5 Å². The first-order valence-electron chi connectivity index (χ1n) is 15.2. The molecule has 1 aliphatic heterocycles. The summed E-state index contributed by atoms with van der Waals surface area (Å²) in [5, 5.41) is 5.39. The van der Waals surface area contributed by atoms with Gasteiger partial charge in [-0.25, -0.2) is 0 Å². The molecule has 2 unspecified atom stereocenters. The zero-order chi connectivity index (χ0) is 31.4. The predicted molar refractivity (Wildman–Crippen MR) is 163 cm³/mol. The Kier molecular flexibility index (Phi) is 10.6. The Bertz CT molecular complexity index is 1190. The number of likely N-dealkylation sites (tertiary alicyclic amines) is 1. The maximum Gasteiger partial charge on any atom is 0.289 e. The highest BCUT2D eigenvalue weighted by atomic mass is 16.2. The smallest absolute Gasteiger partial charge is 0.289 e. The van der Waals surface area contributed by atoms with E-state index in [-0.39, 0.29) is 65.6 Å². The van der Waals surface area contributed by atoms with Gasteiger partial charge in [0.05, 0.1) is 6.04 Å². The molecule has 3 amide bonds. The minimum absolute atomic E-state index is 0.000177. The van der Waals surface area contributed by atoms with Crippen molar-refractivity contribution in [2.24, 2.45) is 34.5 Å². The monoisotopic (exact) mass is 579 g/mol. The highest BCUT2D eigenvalue weighted by molar-refractivity contribution is 6.38. The SMILES string of the molecule is C=CCCC(NC(=O)[C@@H]1[C@@H]2[C@H](CN1C(=O)[C@@H](C)C(C)(C)C)C2(C)C)C(=O)C(=O)NCCC(=O)C(C)Cc1ccccc1. The number of fused-ring (bicyclic) bond motifs is 1. The number of hydrogen-bond acceptors (Lipinski definition) is 5. The van der Waals surface area contributed by atoms with Crippen LogP contribution in [-0.4, -0.2) is 59.4 Å². The lowest BCUT2D eigenvalue weighted by Crippen LogP contribution is -2.56. The van der Waals surface area contributed by atoms with Crippen LogP contribution in [0.2, 0.25) is 0 Å². The largest absolute Gasteiger partial charge is 0.349 e. The molecule has 0 radical (unpaired) electrons. The molecule has 42 heavy (non-hydrogen) atoms. The van der Waals surface area contributed by atoms with Gasteiger partial charge in [0.2, 0.25) is 17.6 Å². The number of hydrogen-bond donors (Lipinski definition) is 2. The molecular formula is C34H49N3O5. The quantitative estimate of drug-likeness (QED) is 0.254. The third-order valence-corrected chi connectivity index (χ3v) is 9.54. The standard InChI is InChI=1S/C34H49N3O5/c1-9-10-16-25(29(39)31(41)35-18-17-26(38)21(2)19-23-14-12-11-13-15-23)36-30(40)28-27-24(34(27,7)8)20-37(28)32(42)22(3)33(4,5)6/h9,11-15,21-22,24-25,27-28H,1,10,16-20H2,2-8H3,(H,35,41)(H,36,40)/t21?,22-,24+,25?,27+,28+/m1/s1. The number of amides is 3. The summed E-state index contributed by atoms with van der Waals surface area (Å²) in [6, 6.07) is 7.98. The average Bonchev–Trinajstić information content (AvgIpc) is 3.25. The van der Waals surface area contributed by atoms with Crippen molar-refractivity contribution in [3.8, 4) is 0 Å². The molecule has 1 heterocycles. The van der Waals surface area contributed by atoms with Crippen LogP contribution in [0.5, 0.6) is 0 Å². The van der Waals surface area contributed by atoms with Gasteiger partial charge >= 0.3 is 0 Å². The molecule has 6 atom stereocenters. The fraction of sp³-hybridized carbons (Fsp3) is 0.618. The number of nitrogens with one attached hydrogen (secondary N) is 2. The van der Waals surface area contributed by atoms with Gasteiger partial charge in [0.25, 0.3) is 5.91 Å². The van der Waals surface area contributed by atoms with E-state index in [1.807, 2.05) is 65.0 Å². The normalized spacial score (nSPS) is 22.7. The second kappa shape index (κ2) is 13.3. The van der Waals surface area contributed by atoms with Crippen molar-refractivity contribution in [3.63, 3.8) is 0 Å². The molecule has 2 N–H and O–H groups in total. The Labute approximate surface area is 251 Å². The minimum Gasteiger partial charge on any atom is -0.349 e. The summed E-state index contributed by atoms with van der Waals surface area (Å²) in [5.41, 5.74) is 0.725. The topological polar surface area (TPSA) is 113 Å². The first kappa shape index (κ1) is 33.2. The molecule has 1 aliphatic carbocycles. The summed E-state index contributed by atoms with van der Waals surface area (Å²) in [7, 11) is 0. The van der Waals surface area contributed by atoms with Crippen molar-refractivity contribution in [3.05, 3.63) is 48.6 Å². The molecule has 0 spiro atoms. The summed E-state index contributed by atoms with van der Waals surface area (Å²) in [6.07, 6.45) is 2.99. The van der Waals surface area contributed by atoms with Gasteiger partial charge in [-0.15, -0.1) is 6.58 Å². The first-order chi connectivity index (χ1) is 19.6. The molecule has 1 saturated carbocycles. The van der Waals surface area contributed by atoms with Crippen LogP contribution in [0.4, 0.5) is 0 Å². The maximum atomic E-state index is 13.7. The first-order valence-corrected chi connectivity index (χ1v) is 15.2. The van der Waals surface area contributed by atoms with E-state index in [9.17, 15) is 24.0 Å². The minimum atomic E-state index is -1.05. The number of carbonyl (C=O) groups is 5. The zero-order valence-corrected chi connectivity index (χ0v) is 26.4. The van der Waals surface area contributed by atoms with Gasteiger partial charge in [0.1, 0.15) is 11.8 Å². The molecule has 8 heteroatoms. The van der Waals surface area contributed by atoms with Gasteiger partial charge in [-0.3, -0.25) is 24.0 Å². The second-order valence-electron chi connectivity index (χ2n) is 13.8. The van der Waals surface area contributed by atoms with Gasteiger partial charge in [0, 0.05) is 31.3 Å². The van der Waals surface area contributed by atoms with Crippen molar-refractivity contribution in [1.82, 2.24) is 15.5 Å². The lowest BCUT2D eigenvalue weighted by molar-refractivity contribution is -0.146. The Balaban J connectivity index is 1.62. The van der Waals surface area contributed by atoms with E-state index >= 15 is 0 Å². The number of rotatable bonds is 14. The third-order valence-electron chi connectivity index (χ3n) is 9.54. The third kappa shape index (κ3) is 7.56. The van der Waals surface area contributed by atoms with Gasteiger partial charge in [-0.2, -0.15) is 0 Å². The maximum absolute atomic E-state index is 13.7. The number of Topliss-reactive ketones (excluding diaryl/α,β-unsaturated/α-hetero) is 2. The Morgan fingerprint density at radius 2 is 1.74 bits per heavy atom. The summed E-state index contributed by atoms with van der Waals surface area (Å²) in [6.45, 7) is 18.2. The van der Waals surface area contributed by atoms with Crippen molar-refractivity contribution in [2.45, 2.75) is 86.2 Å². The molecule has 0 aromatic heterocycles. The molecule has 1 aromatic rings. The highest BCUT2D eigenvalue weighted by Gasteiger charge is 2.69. The van der Waals surface area contributed by atoms with E-state index in [4.69, 9.17) is 0 Å². The lowest BCUT2D eigenvalue weighted by atomic mass is 9.81. The second-order valence-corrected chi connectivity index (χ2v) is 13.8. The summed E-state index contributed by atoms with van der Waals surface area (Å²) in [5.74, 6) is -2.34. The molecule has 1 aromatic carbocycles. The van der Waals surface area contributed by atoms with Crippen LogP contribution in [0.25, 0.3) is 0 Å². The Morgan fingerprint density at radius 3 is 2.33 bits per heavy atom. The van der Waals surface area contributed by atoms with E-state index in [1.54, 1.807) is 11.0 Å². The molecule has 230 valence electrons. The summed E-state index contributed by atoms with van der Waals surface area (Å²) >= 11 is 0. The number of piperidine rings is 1. The van der Waals surface area contributed by atoms with Crippen molar-refractivity contribution in [1.29, 1.82) is 0 Å². The van der Waals surface area contributed by atoms with Crippen LogP contribution in [0.3, 0.4) is 0 Å². The highest BCUT2D eigenvalue weighted by Crippen LogP contribution is 2.65. The van der Waals surface area contributed by atoms with Gasteiger partial charge in [-0.1, -0.05) is 84.9 Å². The van der Waals surface area contributed by atoms with E-state index < -0.39 is 29.7 Å². The fourth-order valence-electron chi connectivity index (χ4n) is 6.12. The molecular weight excluding hydrogens is 530 g/mol. The zero-order valence-electron chi connectivity index (χ0n) is 26.4. The van der Waals surface area contributed by atoms with E-state index in [0.717, 1.165) is 5.56 Å². The number of nitrogens with zero attached hydrogens (tertiary/aromatic N) is 1. The van der Waals surface area contributed by atoms with Crippen molar-refractivity contribution in [2.75, 3.05) is 13.1 Å². The molecule has 1 saturated heterocycles. The number of carbonyl (C=O) groups excluding carboxylic acids is 5. The van der Waals surface area contributed by atoms with E-state index in [1.165, 1.54) is 0 Å². The molecule has 2 aliphatic rings. The number of benzene rings is 1. The summed E-state index contributed by atoms with van der Waals surface area (Å²) < 4.78 is 0. The van der Waals surface area contributed by atoms with Crippen LogP contribution in [0, 0.1) is 34.5 Å². The summed E-state index contributed by atoms with van der Waals surface area (Å²) in [4.78, 5) is 67.5. The molecule has 0 bridgehead atoms. The van der Waals surface area contributed by atoms with Gasteiger partial charge in [-0.05, 0) is 47.5 Å². The fourth-order valence-corrected chi connectivity index (χ4v) is 6.12. The van der Waals surface area contributed by atoms with E-state index in [2.05, 4.69) is 31.1 Å². The van der Waals surface area contributed by atoms with Crippen LogP contribution in [0.1, 0.15) is 73.3 Å². The van der Waals surface area contributed by atoms with Gasteiger partial charge in [0.15, 0.2) is 0 Å². The van der Waals surface area contributed by atoms with Crippen LogP contribution in [-0.2, 0) is 30.4 Å².